The van der Waals surface area contributed by atoms with Crippen LogP contribution >= 0.6 is 11.3 Å². The van der Waals surface area contributed by atoms with E-state index in [2.05, 4.69) is 10.4 Å². The van der Waals surface area contributed by atoms with Crippen LogP contribution in [0.15, 0.2) is 47.3 Å². The van der Waals surface area contributed by atoms with Gasteiger partial charge in [0.2, 0.25) is 5.91 Å². The number of carbonyl (C=O) groups excluding carboxylic acids is 1. The van der Waals surface area contributed by atoms with E-state index in [1.165, 1.54) is 4.68 Å². The Balaban J connectivity index is 1.39. The first kappa shape index (κ1) is 21.8. The zero-order valence-corrected chi connectivity index (χ0v) is 19.1. The predicted molar refractivity (Wildman–Crippen MR) is 127 cm³/mol. The fourth-order valence-corrected chi connectivity index (χ4v) is 4.87. The van der Waals surface area contributed by atoms with E-state index in [-0.39, 0.29) is 11.5 Å². The average molecular weight is 452 g/mol. The molecular weight excluding hydrogens is 426 g/mol. The molecule has 2 aromatic heterocycles. The molecule has 2 aromatic carbocycles. The third-order valence-corrected chi connectivity index (χ3v) is 6.63. The number of rotatable bonds is 8. The lowest BCUT2D eigenvalue weighted by Crippen LogP contribution is -2.26. The molecule has 0 unspecified atom stereocenters. The Labute approximate surface area is 189 Å². The Morgan fingerprint density at radius 3 is 2.69 bits per heavy atom. The fourth-order valence-electron chi connectivity index (χ4n) is 3.73. The molecule has 166 valence electrons. The molecule has 2 heterocycles. The van der Waals surface area contributed by atoms with Crippen molar-refractivity contribution in [2.45, 2.75) is 32.9 Å². The summed E-state index contributed by atoms with van der Waals surface area (Å²) in [4.78, 5) is 25.3. The lowest BCUT2D eigenvalue weighted by atomic mass is 10.2. The number of nitrogens with zero attached hydrogens (tertiary/aromatic N) is 2. The summed E-state index contributed by atoms with van der Waals surface area (Å²) in [6, 6.07) is 13.4. The smallest absolute Gasteiger partial charge is 0.276 e. The second-order valence-corrected chi connectivity index (χ2v) is 8.54. The SMILES string of the molecule is COc1ccc(CNC(=O)CCCn2nc(C)c3sc4ccccc4c3c2=O)cc1OC. The van der Waals surface area contributed by atoms with Crippen LogP contribution in [0.2, 0.25) is 0 Å². The summed E-state index contributed by atoms with van der Waals surface area (Å²) in [6.07, 6.45) is 0.834. The summed E-state index contributed by atoms with van der Waals surface area (Å²) in [7, 11) is 3.16. The van der Waals surface area contributed by atoms with Gasteiger partial charge in [0, 0.05) is 29.6 Å². The highest BCUT2D eigenvalue weighted by Crippen LogP contribution is 2.32. The molecule has 0 bridgehead atoms. The van der Waals surface area contributed by atoms with Crippen molar-refractivity contribution in [3.63, 3.8) is 0 Å². The molecule has 0 saturated carbocycles. The zero-order chi connectivity index (χ0) is 22.7. The number of hydrogen-bond acceptors (Lipinski definition) is 6. The van der Waals surface area contributed by atoms with Crippen LogP contribution in [0, 0.1) is 6.92 Å². The van der Waals surface area contributed by atoms with Crippen molar-refractivity contribution >= 4 is 37.4 Å². The van der Waals surface area contributed by atoms with E-state index >= 15 is 0 Å². The molecule has 0 spiro atoms. The molecule has 0 radical (unpaired) electrons. The molecular formula is C24H25N3O4S. The topological polar surface area (TPSA) is 82.5 Å². The Morgan fingerprint density at radius 2 is 1.91 bits per heavy atom. The number of aryl methyl sites for hydroxylation is 2. The largest absolute Gasteiger partial charge is 0.493 e. The van der Waals surface area contributed by atoms with Crippen LogP contribution < -0.4 is 20.3 Å². The van der Waals surface area contributed by atoms with E-state index in [0.717, 1.165) is 31.4 Å². The lowest BCUT2D eigenvalue weighted by molar-refractivity contribution is -0.121. The van der Waals surface area contributed by atoms with E-state index in [4.69, 9.17) is 9.47 Å². The highest BCUT2D eigenvalue weighted by Gasteiger charge is 2.14. The number of methoxy groups -OCH3 is 2. The Kier molecular flexibility index (Phi) is 6.41. The van der Waals surface area contributed by atoms with E-state index in [1.54, 1.807) is 25.6 Å². The third-order valence-electron chi connectivity index (χ3n) is 5.35. The molecule has 32 heavy (non-hydrogen) atoms. The number of amides is 1. The maximum absolute atomic E-state index is 13.0. The van der Waals surface area contributed by atoms with Gasteiger partial charge in [-0.15, -0.1) is 11.3 Å². The van der Waals surface area contributed by atoms with Crippen LogP contribution in [-0.2, 0) is 17.9 Å². The molecule has 0 aliphatic rings. The van der Waals surface area contributed by atoms with Crippen LogP contribution in [0.5, 0.6) is 11.5 Å². The summed E-state index contributed by atoms with van der Waals surface area (Å²) in [6.45, 7) is 2.70. The standard InChI is InChI=1S/C24H25N3O4S/c1-15-23-22(17-7-4-5-8-20(17)32-23)24(29)27(26-15)12-6-9-21(28)25-14-16-10-11-18(30-2)19(13-16)31-3/h4-5,7-8,10-11,13H,6,9,12,14H2,1-3H3,(H,25,28). The number of nitrogens with one attached hydrogen (secondary N) is 1. The van der Waals surface area contributed by atoms with Gasteiger partial charge in [-0.25, -0.2) is 4.68 Å². The van der Waals surface area contributed by atoms with Crippen molar-refractivity contribution in [2.24, 2.45) is 0 Å². The fraction of sp³-hybridized carbons (Fsp3) is 0.292. The van der Waals surface area contributed by atoms with Crippen molar-refractivity contribution in [1.29, 1.82) is 0 Å². The van der Waals surface area contributed by atoms with E-state index in [0.29, 0.717) is 37.4 Å². The highest BCUT2D eigenvalue weighted by atomic mass is 32.1. The second-order valence-electron chi connectivity index (χ2n) is 7.49. The van der Waals surface area contributed by atoms with Gasteiger partial charge in [0.1, 0.15) is 0 Å². The van der Waals surface area contributed by atoms with E-state index in [9.17, 15) is 9.59 Å². The normalized spacial score (nSPS) is 11.1. The van der Waals surface area contributed by atoms with Crippen molar-refractivity contribution in [3.8, 4) is 11.5 Å². The van der Waals surface area contributed by atoms with Gasteiger partial charge < -0.3 is 14.8 Å². The van der Waals surface area contributed by atoms with Crippen molar-refractivity contribution in [1.82, 2.24) is 15.1 Å². The maximum atomic E-state index is 13.0. The van der Waals surface area contributed by atoms with Crippen molar-refractivity contribution in [3.05, 3.63) is 64.1 Å². The second kappa shape index (κ2) is 9.40. The van der Waals surface area contributed by atoms with Crippen LogP contribution in [0.1, 0.15) is 24.1 Å². The van der Waals surface area contributed by atoms with Crippen molar-refractivity contribution < 1.29 is 14.3 Å². The van der Waals surface area contributed by atoms with E-state index in [1.807, 2.05) is 49.4 Å². The molecule has 0 atom stereocenters. The zero-order valence-electron chi connectivity index (χ0n) is 18.3. The molecule has 8 heteroatoms. The van der Waals surface area contributed by atoms with Gasteiger partial charge >= 0.3 is 0 Å². The first-order valence-corrected chi connectivity index (χ1v) is 11.2. The van der Waals surface area contributed by atoms with Crippen LogP contribution in [0.3, 0.4) is 0 Å². The van der Waals surface area contributed by atoms with Crippen LogP contribution in [0.25, 0.3) is 20.2 Å². The quantitative estimate of drug-likeness (QED) is 0.437. The highest BCUT2D eigenvalue weighted by molar-refractivity contribution is 7.26. The van der Waals surface area contributed by atoms with Gasteiger partial charge in [-0.1, -0.05) is 24.3 Å². The van der Waals surface area contributed by atoms with Gasteiger partial charge in [0.15, 0.2) is 11.5 Å². The number of fused-ring (bicyclic) bond motifs is 3. The first-order valence-electron chi connectivity index (χ1n) is 10.4. The Morgan fingerprint density at radius 1 is 1.12 bits per heavy atom. The predicted octanol–water partition coefficient (Wildman–Crippen LogP) is 4.03. The maximum Gasteiger partial charge on any atom is 0.276 e. The number of carbonyl (C=O) groups is 1. The van der Waals surface area contributed by atoms with Gasteiger partial charge in [-0.3, -0.25) is 9.59 Å². The minimum Gasteiger partial charge on any atom is -0.493 e. The average Bonchev–Trinajstić information content (AvgIpc) is 3.21. The molecule has 0 fully saturated rings. The van der Waals surface area contributed by atoms with Gasteiger partial charge in [-0.2, -0.15) is 5.10 Å². The molecule has 4 aromatic rings. The molecule has 4 rings (SSSR count). The summed E-state index contributed by atoms with van der Waals surface area (Å²) in [5.41, 5.74) is 1.65. The van der Waals surface area contributed by atoms with Crippen LogP contribution in [-0.4, -0.2) is 29.9 Å². The number of hydrogen-bond donors (Lipinski definition) is 1. The van der Waals surface area contributed by atoms with Gasteiger partial charge in [0.25, 0.3) is 5.56 Å². The molecule has 1 amide bonds. The molecule has 1 N–H and O–H groups in total. The number of thiophene rings is 1. The van der Waals surface area contributed by atoms with Gasteiger partial charge in [-0.05, 0) is 37.1 Å². The summed E-state index contributed by atoms with van der Waals surface area (Å²) in [5.74, 6) is 1.19. The van der Waals surface area contributed by atoms with Crippen LogP contribution in [0.4, 0.5) is 0 Å². The lowest BCUT2D eigenvalue weighted by Gasteiger charge is -2.10. The minimum absolute atomic E-state index is 0.0772. The molecule has 0 aliphatic heterocycles. The molecule has 0 aliphatic carbocycles. The molecule has 7 nitrogen and oxygen atoms in total. The number of ether oxygens (including phenoxy) is 2. The van der Waals surface area contributed by atoms with Gasteiger partial charge in [0.05, 0.1) is 30.0 Å². The number of benzene rings is 2. The first-order chi connectivity index (χ1) is 15.5. The third kappa shape index (κ3) is 4.31. The Hall–Kier alpha value is -3.39. The summed E-state index contributed by atoms with van der Waals surface area (Å²) < 4.78 is 14.0. The monoisotopic (exact) mass is 451 g/mol. The summed E-state index contributed by atoms with van der Waals surface area (Å²) in [5, 5.41) is 9.07. The van der Waals surface area contributed by atoms with E-state index < -0.39 is 0 Å². The summed E-state index contributed by atoms with van der Waals surface area (Å²) >= 11 is 1.59. The minimum atomic E-state index is -0.103. The Bertz CT molecular complexity index is 1340. The van der Waals surface area contributed by atoms with Crippen molar-refractivity contribution in [2.75, 3.05) is 14.2 Å². The molecule has 0 saturated heterocycles. The number of aromatic nitrogens is 2.